The van der Waals surface area contributed by atoms with Crippen molar-refractivity contribution in [2.45, 2.75) is 31.6 Å². The topological polar surface area (TPSA) is 72.2 Å². The van der Waals surface area contributed by atoms with Crippen LogP contribution in [0.2, 0.25) is 0 Å². The maximum atomic E-state index is 11.5. The number of rotatable bonds is 2. The van der Waals surface area contributed by atoms with Gasteiger partial charge >= 0.3 is 5.97 Å². The molecule has 1 N–H and O–H groups in total. The molecular weight excluding hydrogens is 208 g/mol. The van der Waals surface area contributed by atoms with Crippen LogP contribution < -0.4 is 5.56 Å². The lowest BCUT2D eigenvalue weighted by Crippen LogP contribution is -2.27. The average Bonchev–Trinajstić information content (AvgIpc) is 2.74. The van der Waals surface area contributed by atoms with Crippen molar-refractivity contribution in [2.75, 3.05) is 0 Å². The lowest BCUT2D eigenvalue weighted by molar-refractivity contribution is 0.0693. The Morgan fingerprint density at radius 2 is 2.12 bits per heavy atom. The molecule has 0 aromatic carbocycles. The highest BCUT2D eigenvalue weighted by molar-refractivity contribution is 5.87. The Hall–Kier alpha value is -1.65. The highest BCUT2D eigenvalue weighted by atomic mass is 16.4. The third-order valence-corrected chi connectivity index (χ3v) is 3.09. The lowest BCUT2D eigenvalue weighted by Gasteiger charge is -2.10. The molecule has 0 atom stereocenters. The number of aromatic carboxylic acids is 1. The van der Waals surface area contributed by atoms with Gasteiger partial charge in [-0.3, -0.25) is 4.79 Å². The highest BCUT2D eigenvalue weighted by Gasteiger charge is 2.21. The Balaban J connectivity index is 2.47. The third-order valence-electron chi connectivity index (χ3n) is 3.09. The fourth-order valence-corrected chi connectivity index (χ4v) is 2.21. The van der Waals surface area contributed by atoms with E-state index in [0.717, 1.165) is 36.1 Å². The maximum Gasteiger partial charge on any atom is 0.341 e. The predicted octanol–water partition coefficient (Wildman–Crippen LogP) is 1.14. The molecule has 0 spiro atoms. The zero-order valence-corrected chi connectivity index (χ0v) is 9.14. The number of hydrogen-bond acceptors (Lipinski definition) is 3. The minimum Gasteiger partial charge on any atom is -0.477 e. The standard InChI is InChI=1S/C11H14N2O3/c1-13-10(14)8(11(15)16)6-9(12-13)7-4-2-3-5-7/h6-7H,2-5H2,1H3,(H,15,16). The van der Waals surface area contributed by atoms with Crippen LogP contribution in [0, 0.1) is 0 Å². The van der Waals surface area contributed by atoms with Gasteiger partial charge in [0.1, 0.15) is 5.56 Å². The molecule has 1 aromatic rings. The summed E-state index contributed by atoms with van der Waals surface area (Å²) in [7, 11) is 1.49. The van der Waals surface area contributed by atoms with E-state index >= 15 is 0 Å². The fourth-order valence-electron chi connectivity index (χ4n) is 2.21. The summed E-state index contributed by atoms with van der Waals surface area (Å²) in [5.74, 6) is -0.868. The van der Waals surface area contributed by atoms with Crippen molar-refractivity contribution < 1.29 is 9.90 Å². The first-order valence-electron chi connectivity index (χ1n) is 5.41. The normalized spacial score (nSPS) is 16.6. The summed E-state index contributed by atoms with van der Waals surface area (Å²) in [4.78, 5) is 22.4. The molecule has 2 rings (SSSR count). The first kappa shape index (κ1) is 10.9. The van der Waals surface area contributed by atoms with Crippen LogP contribution >= 0.6 is 0 Å². The summed E-state index contributed by atoms with van der Waals surface area (Å²) in [6.07, 6.45) is 4.36. The van der Waals surface area contributed by atoms with Gasteiger partial charge in [-0.2, -0.15) is 5.10 Å². The van der Waals surface area contributed by atoms with E-state index in [2.05, 4.69) is 5.10 Å². The van der Waals surface area contributed by atoms with Crippen molar-refractivity contribution in [3.05, 3.63) is 27.7 Å². The molecule has 86 valence electrons. The molecule has 1 aliphatic rings. The second kappa shape index (κ2) is 4.08. The number of carboxylic acid groups (broad SMARTS) is 1. The van der Waals surface area contributed by atoms with E-state index in [4.69, 9.17) is 5.11 Å². The van der Waals surface area contributed by atoms with Gasteiger partial charge in [0.25, 0.3) is 5.56 Å². The molecule has 0 unspecified atom stereocenters. The van der Waals surface area contributed by atoms with Crippen LogP contribution in [-0.2, 0) is 7.05 Å². The van der Waals surface area contributed by atoms with Gasteiger partial charge in [0, 0.05) is 13.0 Å². The summed E-state index contributed by atoms with van der Waals surface area (Å²) in [5, 5.41) is 13.1. The predicted molar refractivity (Wildman–Crippen MR) is 57.6 cm³/mol. The summed E-state index contributed by atoms with van der Waals surface area (Å²) in [6.45, 7) is 0. The van der Waals surface area contributed by atoms with Gasteiger partial charge in [-0.25, -0.2) is 9.48 Å². The van der Waals surface area contributed by atoms with E-state index in [1.807, 2.05) is 0 Å². The third kappa shape index (κ3) is 1.85. The molecule has 1 aliphatic carbocycles. The van der Waals surface area contributed by atoms with E-state index in [0.29, 0.717) is 5.92 Å². The SMILES string of the molecule is Cn1nc(C2CCCC2)cc(C(=O)O)c1=O. The maximum absolute atomic E-state index is 11.5. The van der Waals surface area contributed by atoms with Gasteiger partial charge in [-0.05, 0) is 18.9 Å². The monoisotopic (exact) mass is 222 g/mol. The number of aryl methyl sites for hydroxylation is 1. The molecule has 0 radical (unpaired) electrons. The number of nitrogens with zero attached hydrogens (tertiary/aromatic N) is 2. The summed E-state index contributed by atoms with van der Waals surface area (Å²) >= 11 is 0. The van der Waals surface area contributed by atoms with Gasteiger partial charge in [0.15, 0.2) is 0 Å². The minimum atomic E-state index is -1.18. The highest BCUT2D eigenvalue weighted by Crippen LogP contribution is 2.32. The van der Waals surface area contributed by atoms with Crippen molar-refractivity contribution in [1.82, 2.24) is 9.78 Å². The van der Waals surface area contributed by atoms with Gasteiger partial charge < -0.3 is 5.11 Å². The van der Waals surface area contributed by atoms with E-state index < -0.39 is 11.5 Å². The second-order valence-corrected chi connectivity index (χ2v) is 4.20. The van der Waals surface area contributed by atoms with Crippen molar-refractivity contribution in [2.24, 2.45) is 7.05 Å². The van der Waals surface area contributed by atoms with Crippen molar-refractivity contribution in [3.8, 4) is 0 Å². The summed E-state index contributed by atoms with van der Waals surface area (Å²) in [6, 6.07) is 1.43. The molecule has 16 heavy (non-hydrogen) atoms. The second-order valence-electron chi connectivity index (χ2n) is 4.20. The molecule has 0 aliphatic heterocycles. The fraction of sp³-hybridized carbons (Fsp3) is 0.545. The number of carboxylic acids is 1. The van der Waals surface area contributed by atoms with Crippen molar-refractivity contribution in [3.63, 3.8) is 0 Å². The van der Waals surface area contributed by atoms with Gasteiger partial charge in [-0.15, -0.1) is 0 Å². The summed E-state index contributed by atoms with van der Waals surface area (Å²) in [5.41, 5.74) is 0.00523. The van der Waals surface area contributed by atoms with Gasteiger partial charge in [0.2, 0.25) is 0 Å². The number of aromatic nitrogens is 2. The van der Waals surface area contributed by atoms with E-state index in [9.17, 15) is 9.59 Å². The largest absolute Gasteiger partial charge is 0.477 e. The zero-order chi connectivity index (χ0) is 11.7. The van der Waals surface area contributed by atoms with Crippen LogP contribution in [0.15, 0.2) is 10.9 Å². The van der Waals surface area contributed by atoms with Crippen LogP contribution in [0.4, 0.5) is 0 Å². The van der Waals surface area contributed by atoms with E-state index in [-0.39, 0.29) is 5.56 Å². The van der Waals surface area contributed by atoms with E-state index in [1.165, 1.54) is 13.1 Å². The minimum absolute atomic E-state index is 0.181. The van der Waals surface area contributed by atoms with Gasteiger partial charge in [-0.1, -0.05) is 12.8 Å². The van der Waals surface area contributed by atoms with Crippen LogP contribution in [0.1, 0.15) is 47.7 Å². The molecule has 0 saturated heterocycles. The Morgan fingerprint density at radius 3 is 2.69 bits per heavy atom. The Kier molecular flexibility index (Phi) is 2.77. The first-order valence-corrected chi connectivity index (χ1v) is 5.41. The molecule has 1 saturated carbocycles. The Morgan fingerprint density at radius 1 is 1.50 bits per heavy atom. The smallest absolute Gasteiger partial charge is 0.341 e. The zero-order valence-electron chi connectivity index (χ0n) is 9.14. The summed E-state index contributed by atoms with van der Waals surface area (Å²) < 4.78 is 1.12. The average molecular weight is 222 g/mol. The number of carbonyl (C=O) groups is 1. The molecule has 0 amide bonds. The lowest BCUT2D eigenvalue weighted by atomic mass is 10.0. The van der Waals surface area contributed by atoms with E-state index in [1.54, 1.807) is 0 Å². The van der Waals surface area contributed by atoms with Crippen LogP contribution in [0.5, 0.6) is 0 Å². The Bertz CT molecular complexity index is 473. The quantitative estimate of drug-likeness (QED) is 0.814. The molecule has 0 bridgehead atoms. The van der Waals surface area contributed by atoms with Gasteiger partial charge in [0.05, 0.1) is 5.69 Å². The molecule has 5 heteroatoms. The molecule has 1 fully saturated rings. The van der Waals surface area contributed by atoms with Crippen molar-refractivity contribution >= 4 is 5.97 Å². The Labute approximate surface area is 92.7 Å². The van der Waals surface area contributed by atoms with Crippen molar-refractivity contribution in [1.29, 1.82) is 0 Å². The molecular formula is C11H14N2O3. The van der Waals surface area contributed by atoms with Crippen LogP contribution in [0.3, 0.4) is 0 Å². The number of hydrogen-bond donors (Lipinski definition) is 1. The van der Waals surface area contributed by atoms with Crippen LogP contribution in [-0.4, -0.2) is 20.9 Å². The molecule has 1 heterocycles. The first-order chi connectivity index (χ1) is 7.59. The molecule has 5 nitrogen and oxygen atoms in total. The molecule has 1 aromatic heterocycles. The van der Waals surface area contributed by atoms with Crippen LogP contribution in [0.25, 0.3) is 0 Å².